The van der Waals surface area contributed by atoms with Crippen LogP contribution in [0.5, 0.6) is 0 Å². The van der Waals surface area contributed by atoms with E-state index in [1.165, 1.54) is 4.90 Å². The lowest BCUT2D eigenvalue weighted by Gasteiger charge is -2.33. The van der Waals surface area contributed by atoms with Crippen molar-refractivity contribution in [3.8, 4) is 0 Å². The van der Waals surface area contributed by atoms with Crippen molar-refractivity contribution in [3.63, 3.8) is 0 Å². The largest absolute Gasteiger partial charge is 0.354 e. The predicted molar refractivity (Wildman–Crippen MR) is 165 cm³/mol. The van der Waals surface area contributed by atoms with E-state index in [-0.39, 0.29) is 18.9 Å². The normalized spacial score (nSPS) is 12.0. The average molecular weight is 669 g/mol. The second-order valence-corrected chi connectivity index (χ2v) is 13.0. The Labute approximate surface area is 254 Å². The SMILES string of the molecule is CCCCNC(=O)[C@H](Cc1ccccc1)N(Cc1ccc(Cl)c(Cl)c1)C(=O)CN(c1cccc(Br)c1)S(C)(=O)=O. The zero-order valence-corrected chi connectivity index (χ0v) is 26.2. The van der Waals surface area contributed by atoms with Gasteiger partial charge >= 0.3 is 0 Å². The minimum absolute atomic E-state index is 0.0184. The maximum absolute atomic E-state index is 14.0. The van der Waals surface area contributed by atoms with Gasteiger partial charge in [0, 0.05) is 24.0 Å². The molecule has 0 aliphatic heterocycles. The van der Waals surface area contributed by atoms with E-state index >= 15 is 0 Å². The molecule has 2 amide bonds. The standard InChI is InChI=1S/C29H32BrCl2N3O4S/c1-3-4-15-33-29(37)27(17-21-9-6-5-7-10-21)34(19-22-13-14-25(31)26(32)16-22)28(36)20-35(40(2,38)39)24-12-8-11-23(30)18-24/h5-14,16,18,27H,3-4,15,17,19-20H2,1-2H3,(H,33,37)/t27-/m0/s1. The van der Waals surface area contributed by atoms with Crippen LogP contribution in [0.2, 0.25) is 10.0 Å². The molecule has 0 heterocycles. The van der Waals surface area contributed by atoms with Crippen LogP contribution in [-0.4, -0.2) is 50.5 Å². The molecule has 0 radical (unpaired) electrons. The molecule has 0 fully saturated rings. The molecule has 0 aromatic heterocycles. The lowest BCUT2D eigenvalue weighted by Crippen LogP contribution is -2.53. The first-order valence-corrected chi connectivity index (χ1v) is 16.2. The second kappa shape index (κ2) is 14.9. The quantitative estimate of drug-likeness (QED) is 0.224. The van der Waals surface area contributed by atoms with Crippen LogP contribution in [0.25, 0.3) is 0 Å². The fraction of sp³-hybridized carbons (Fsp3) is 0.310. The van der Waals surface area contributed by atoms with Crippen LogP contribution in [0.4, 0.5) is 5.69 Å². The molecule has 3 rings (SSSR count). The van der Waals surface area contributed by atoms with E-state index in [0.717, 1.165) is 29.0 Å². The maximum Gasteiger partial charge on any atom is 0.244 e. The minimum Gasteiger partial charge on any atom is -0.354 e. The number of carbonyl (C=O) groups excluding carboxylic acids is 2. The summed E-state index contributed by atoms with van der Waals surface area (Å²) in [6.45, 7) is 2.01. The van der Waals surface area contributed by atoms with E-state index in [2.05, 4.69) is 21.2 Å². The molecule has 0 aliphatic rings. The summed E-state index contributed by atoms with van der Waals surface area (Å²) >= 11 is 15.7. The Hall–Kier alpha value is -2.59. The first-order valence-electron chi connectivity index (χ1n) is 12.8. The Kier molecular flexibility index (Phi) is 11.9. The van der Waals surface area contributed by atoms with Crippen LogP contribution >= 0.6 is 39.1 Å². The highest BCUT2D eigenvalue weighted by Gasteiger charge is 2.33. The first-order chi connectivity index (χ1) is 19.0. The van der Waals surface area contributed by atoms with Gasteiger partial charge in [-0.05, 0) is 47.9 Å². The number of nitrogens with one attached hydrogen (secondary N) is 1. The number of carbonyl (C=O) groups is 2. The van der Waals surface area contributed by atoms with Crippen molar-refractivity contribution in [1.29, 1.82) is 0 Å². The van der Waals surface area contributed by atoms with E-state index in [1.807, 2.05) is 37.3 Å². The van der Waals surface area contributed by atoms with Gasteiger partial charge in [0.1, 0.15) is 12.6 Å². The highest BCUT2D eigenvalue weighted by Crippen LogP contribution is 2.26. The number of unbranched alkanes of at least 4 members (excludes halogenated alkanes) is 1. The number of nitrogens with zero attached hydrogens (tertiary/aromatic N) is 2. The molecule has 0 unspecified atom stereocenters. The Bertz CT molecular complexity index is 1420. The van der Waals surface area contributed by atoms with Gasteiger partial charge in [-0.15, -0.1) is 0 Å². The third kappa shape index (κ3) is 9.23. The van der Waals surface area contributed by atoms with Gasteiger partial charge < -0.3 is 10.2 Å². The van der Waals surface area contributed by atoms with Gasteiger partial charge in [0.15, 0.2) is 0 Å². The number of amides is 2. The average Bonchev–Trinajstić information content (AvgIpc) is 2.91. The van der Waals surface area contributed by atoms with Crippen molar-refractivity contribution in [2.45, 2.75) is 38.8 Å². The highest BCUT2D eigenvalue weighted by molar-refractivity contribution is 9.10. The van der Waals surface area contributed by atoms with Crippen LogP contribution < -0.4 is 9.62 Å². The maximum atomic E-state index is 14.0. The summed E-state index contributed by atoms with van der Waals surface area (Å²) in [4.78, 5) is 29.1. The molecule has 0 spiro atoms. The molecule has 0 aliphatic carbocycles. The van der Waals surface area contributed by atoms with Crippen LogP contribution in [0, 0.1) is 0 Å². The zero-order valence-electron chi connectivity index (χ0n) is 22.3. The number of hydrogen-bond acceptors (Lipinski definition) is 4. The molecule has 0 bridgehead atoms. The summed E-state index contributed by atoms with van der Waals surface area (Å²) in [7, 11) is -3.85. The van der Waals surface area contributed by atoms with Gasteiger partial charge in [0.05, 0.1) is 22.0 Å². The summed E-state index contributed by atoms with van der Waals surface area (Å²) in [5.41, 5.74) is 1.83. The Morgan fingerprint density at radius 3 is 2.30 bits per heavy atom. The molecule has 3 aromatic carbocycles. The Morgan fingerprint density at radius 1 is 0.950 bits per heavy atom. The second-order valence-electron chi connectivity index (χ2n) is 9.37. The van der Waals surface area contributed by atoms with Gasteiger partial charge in [0.2, 0.25) is 21.8 Å². The third-order valence-electron chi connectivity index (χ3n) is 6.21. The summed E-state index contributed by atoms with van der Waals surface area (Å²) < 4.78 is 27.4. The summed E-state index contributed by atoms with van der Waals surface area (Å²) in [5.74, 6) is -0.859. The fourth-order valence-electron chi connectivity index (χ4n) is 4.14. The van der Waals surface area contributed by atoms with Crippen LogP contribution in [0.15, 0.2) is 77.3 Å². The lowest BCUT2D eigenvalue weighted by atomic mass is 10.0. The molecule has 7 nitrogen and oxygen atoms in total. The molecule has 1 N–H and O–H groups in total. The van der Waals surface area contributed by atoms with Crippen molar-refractivity contribution >= 4 is 66.7 Å². The lowest BCUT2D eigenvalue weighted by molar-refractivity contribution is -0.140. The van der Waals surface area contributed by atoms with Gasteiger partial charge in [-0.25, -0.2) is 8.42 Å². The van der Waals surface area contributed by atoms with Gasteiger partial charge in [-0.2, -0.15) is 0 Å². The van der Waals surface area contributed by atoms with E-state index in [0.29, 0.717) is 32.3 Å². The molecule has 11 heteroatoms. The molecule has 40 heavy (non-hydrogen) atoms. The summed E-state index contributed by atoms with van der Waals surface area (Å²) in [6.07, 6.45) is 2.96. The van der Waals surface area contributed by atoms with Crippen LogP contribution in [0.1, 0.15) is 30.9 Å². The first kappa shape index (κ1) is 31.9. The Morgan fingerprint density at radius 2 is 1.68 bits per heavy atom. The monoisotopic (exact) mass is 667 g/mol. The number of halogens is 3. The number of benzene rings is 3. The zero-order chi connectivity index (χ0) is 29.3. The van der Waals surface area contributed by atoms with Crippen molar-refractivity contribution in [2.75, 3.05) is 23.7 Å². The van der Waals surface area contributed by atoms with E-state index < -0.39 is 28.5 Å². The molecule has 0 saturated heterocycles. The van der Waals surface area contributed by atoms with Gasteiger partial charge in [0.25, 0.3) is 0 Å². The fourth-order valence-corrected chi connectivity index (χ4v) is 5.69. The van der Waals surface area contributed by atoms with Crippen molar-refractivity contribution in [3.05, 3.63) is 98.4 Å². The molecule has 214 valence electrons. The third-order valence-corrected chi connectivity index (χ3v) is 8.59. The summed E-state index contributed by atoms with van der Waals surface area (Å²) in [6, 6.07) is 20.1. The number of sulfonamides is 1. The summed E-state index contributed by atoms with van der Waals surface area (Å²) in [5, 5.41) is 3.62. The van der Waals surface area contributed by atoms with Gasteiger partial charge in [-0.1, -0.05) is 94.9 Å². The Balaban J connectivity index is 2.05. The smallest absolute Gasteiger partial charge is 0.244 e. The van der Waals surface area contributed by atoms with E-state index in [4.69, 9.17) is 23.2 Å². The number of rotatable bonds is 13. The highest BCUT2D eigenvalue weighted by atomic mass is 79.9. The van der Waals surface area contributed by atoms with E-state index in [9.17, 15) is 18.0 Å². The molecule has 3 aromatic rings. The van der Waals surface area contributed by atoms with Crippen molar-refractivity contribution in [1.82, 2.24) is 10.2 Å². The molecule has 1 atom stereocenters. The van der Waals surface area contributed by atoms with Crippen LogP contribution in [-0.2, 0) is 32.6 Å². The predicted octanol–water partition coefficient (Wildman–Crippen LogP) is 6.08. The molecular formula is C29H32BrCl2N3O4S. The molecule has 0 saturated carbocycles. The van der Waals surface area contributed by atoms with Gasteiger partial charge in [-0.3, -0.25) is 13.9 Å². The topological polar surface area (TPSA) is 86.8 Å². The molecular weight excluding hydrogens is 637 g/mol. The van der Waals surface area contributed by atoms with Crippen LogP contribution in [0.3, 0.4) is 0 Å². The minimum atomic E-state index is -3.85. The van der Waals surface area contributed by atoms with Crippen molar-refractivity contribution in [2.24, 2.45) is 0 Å². The number of hydrogen-bond donors (Lipinski definition) is 1. The number of anilines is 1. The van der Waals surface area contributed by atoms with Crippen molar-refractivity contribution < 1.29 is 18.0 Å². The van der Waals surface area contributed by atoms with E-state index in [1.54, 1.807) is 42.5 Å².